The zero-order valence-electron chi connectivity index (χ0n) is 17.0. The summed E-state index contributed by atoms with van der Waals surface area (Å²) in [5, 5.41) is 9.67. The van der Waals surface area contributed by atoms with Gasteiger partial charge in [-0.1, -0.05) is 20.8 Å². The largest absolute Gasteiger partial charge is 0.450 e. The molecular weight excluding hydrogens is 445 g/mol. The summed E-state index contributed by atoms with van der Waals surface area (Å²) in [6.07, 6.45) is 3.03. The molecule has 0 bridgehead atoms. The number of carbonyl (C=O) groups excluding carboxylic acids is 1. The van der Waals surface area contributed by atoms with E-state index >= 15 is 0 Å². The molecule has 1 aliphatic heterocycles. The number of carbonyl (C=O) groups is 1. The van der Waals surface area contributed by atoms with Crippen LogP contribution in [0.5, 0.6) is 0 Å². The van der Waals surface area contributed by atoms with Crippen molar-refractivity contribution in [2.75, 3.05) is 39.8 Å². The first-order valence-corrected chi connectivity index (χ1v) is 9.61. The van der Waals surface area contributed by atoms with E-state index in [-0.39, 0.29) is 36.1 Å². The first-order chi connectivity index (χ1) is 12.0. The van der Waals surface area contributed by atoms with Crippen LogP contribution in [0.1, 0.15) is 47.0 Å². The van der Waals surface area contributed by atoms with E-state index in [9.17, 15) is 4.79 Å². The van der Waals surface area contributed by atoms with E-state index in [0.29, 0.717) is 25.1 Å². The van der Waals surface area contributed by atoms with Crippen LogP contribution in [0.3, 0.4) is 0 Å². The average molecular weight is 483 g/mol. The lowest BCUT2D eigenvalue weighted by Gasteiger charge is -2.25. The highest BCUT2D eigenvalue weighted by Crippen LogP contribution is 2.15. The van der Waals surface area contributed by atoms with Gasteiger partial charge in [0.05, 0.1) is 6.61 Å². The Labute approximate surface area is 176 Å². The molecule has 0 aromatic carbocycles. The monoisotopic (exact) mass is 483 g/mol. The number of hydrogen-bond donors (Lipinski definition) is 3. The van der Waals surface area contributed by atoms with Gasteiger partial charge in [0.25, 0.3) is 0 Å². The normalized spacial score (nSPS) is 19.0. The lowest BCUT2D eigenvalue weighted by molar-refractivity contribution is 0.146. The molecule has 26 heavy (non-hydrogen) atoms. The quantitative estimate of drug-likeness (QED) is 0.267. The molecule has 0 saturated carbocycles. The van der Waals surface area contributed by atoms with Crippen LogP contribution in [0.2, 0.25) is 0 Å². The van der Waals surface area contributed by atoms with E-state index in [0.717, 1.165) is 25.5 Å². The minimum absolute atomic E-state index is 0. The lowest BCUT2D eigenvalue weighted by atomic mass is 10.0. The Morgan fingerprint density at radius 3 is 2.62 bits per heavy atom. The van der Waals surface area contributed by atoms with E-state index in [2.05, 4.69) is 46.6 Å². The van der Waals surface area contributed by atoms with Gasteiger partial charge in [-0.15, -0.1) is 24.0 Å². The van der Waals surface area contributed by atoms with Crippen molar-refractivity contribution in [1.29, 1.82) is 0 Å². The van der Waals surface area contributed by atoms with E-state index < -0.39 is 0 Å². The number of aliphatic imine (C=N–C) groups is 1. The number of rotatable bonds is 9. The molecular formula is C18H38IN5O2. The Hall–Kier alpha value is -0.770. The fraction of sp³-hybridized carbons (Fsp3) is 0.889. The summed E-state index contributed by atoms with van der Waals surface area (Å²) in [5.41, 5.74) is 0. The predicted octanol–water partition coefficient (Wildman–Crippen LogP) is 2.41. The van der Waals surface area contributed by atoms with Gasteiger partial charge in [-0.25, -0.2) is 4.79 Å². The number of halogens is 1. The zero-order valence-corrected chi connectivity index (χ0v) is 19.3. The standard InChI is InChI=1S/C18H37N5O2.HI/c1-6-23-10-8-9-16(23)13-21-17(19-5)20-12-15(11-14(3)4)22-18(24)25-7-2;/h14-16H,6-13H2,1-5H3,(H,22,24)(H2,19,20,21);1H. The molecule has 1 aliphatic rings. The molecule has 7 nitrogen and oxygen atoms in total. The summed E-state index contributed by atoms with van der Waals surface area (Å²) in [6, 6.07) is 0.587. The summed E-state index contributed by atoms with van der Waals surface area (Å²) in [4.78, 5) is 18.5. The van der Waals surface area contributed by atoms with Gasteiger partial charge in [0.2, 0.25) is 0 Å². The Kier molecular flexibility index (Phi) is 13.9. The highest BCUT2D eigenvalue weighted by atomic mass is 127. The third-order valence-corrected chi connectivity index (χ3v) is 4.50. The average Bonchev–Trinajstić information content (AvgIpc) is 3.02. The van der Waals surface area contributed by atoms with Gasteiger partial charge >= 0.3 is 6.09 Å². The summed E-state index contributed by atoms with van der Waals surface area (Å²) < 4.78 is 5.00. The number of guanidine groups is 1. The molecule has 8 heteroatoms. The molecule has 3 N–H and O–H groups in total. The second-order valence-electron chi connectivity index (χ2n) is 6.95. The van der Waals surface area contributed by atoms with Crippen LogP contribution >= 0.6 is 24.0 Å². The van der Waals surface area contributed by atoms with Crippen LogP contribution in [-0.4, -0.2) is 68.9 Å². The number of alkyl carbamates (subject to hydrolysis) is 1. The first kappa shape index (κ1) is 25.2. The maximum Gasteiger partial charge on any atom is 0.407 e. The summed E-state index contributed by atoms with van der Waals surface area (Å²) in [6.45, 7) is 12.5. The van der Waals surface area contributed by atoms with Crippen molar-refractivity contribution < 1.29 is 9.53 Å². The number of amides is 1. The molecule has 2 unspecified atom stereocenters. The summed E-state index contributed by atoms with van der Waals surface area (Å²) >= 11 is 0. The Balaban J connectivity index is 0.00000625. The molecule has 2 atom stereocenters. The van der Waals surface area contributed by atoms with Crippen molar-refractivity contribution in [3.63, 3.8) is 0 Å². The molecule has 1 amide bonds. The highest BCUT2D eigenvalue weighted by molar-refractivity contribution is 14.0. The number of nitrogens with one attached hydrogen (secondary N) is 3. The van der Waals surface area contributed by atoms with Gasteiger partial charge in [-0.2, -0.15) is 0 Å². The number of nitrogens with zero attached hydrogens (tertiary/aromatic N) is 2. The van der Waals surface area contributed by atoms with Crippen molar-refractivity contribution >= 4 is 36.0 Å². The van der Waals surface area contributed by atoms with Crippen LogP contribution in [0.4, 0.5) is 4.79 Å². The van der Waals surface area contributed by atoms with Crippen LogP contribution in [0.15, 0.2) is 4.99 Å². The molecule has 154 valence electrons. The van der Waals surface area contributed by atoms with E-state index in [1.54, 1.807) is 7.05 Å². The van der Waals surface area contributed by atoms with Gasteiger partial charge in [0.15, 0.2) is 5.96 Å². The predicted molar refractivity (Wildman–Crippen MR) is 118 cm³/mol. The minimum Gasteiger partial charge on any atom is -0.450 e. The first-order valence-electron chi connectivity index (χ1n) is 9.61. The molecule has 0 aromatic rings. The van der Waals surface area contributed by atoms with Crippen molar-refractivity contribution in [1.82, 2.24) is 20.9 Å². The summed E-state index contributed by atoms with van der Waals surface area (Å²) in [5.74, 6) is 1.27. The Morgan fingerprint density at radius 1 is 1.31 bits per heavy atom. The van der Waals surface area contributed by atoms with E-state index in [1.165, 1.54) is 19.4 Å². The minimum atomic E-state index is -0.359. The fourth-order valence-electron chi connectivity index (χ4n) is 3.30. The topological polar surface area (TPSA) is 78.0 Å². The lowest BCUT2D eigenvalue weighted by Crippen LogP contribution is -2.49. The smallest absolute Gasteiger partial charge is 0.407 e. The van der Waals surface area contributed by atoms with Gasteiger partial charge in [-0.05, 0) is 45.2 Å². The Bertz CT molecular complexity index is 420. The number of likely N-dealkylation sites (tertiary alicyclic amines) is 1. The molecule has 0 radical (unpaired) electrons. The summed E-state index contributed by atoms with van der Waals surface area (Å²) in [7, 11) is 1.78. The zero-order chi connectivity index (χ0) is 18.7. The highest BCUT2D eigenvalue weighted by Gasteiger charge is 2.23. The van der Waals surface area contributed by atoms with Crippen LogP contribution < -0.4 is 16.0 Å². The molecule has 1 saturated heterocycles. The SMILES string of the molecule is CCOC(=O)NC(CNC(=NC)NCC1CCCN1CC)CC(C)C.I. The number of hydrogen-bond acceptors (Lipinski definition) is 4. The van der Waals surface area contributed by atoms with Crippen molar-refractivity contribution in [3.05, 3.63) is 0 Å². The van der Waals surface area contributed by atoms with Crippen molar-refractivity contribution in [2.24, 2.45) is 10.9 Å². The van der Waals surface area contributed by atoms with Crippen LogP contribution in [0.25, 0.3) is 0 Å². The fourth-order valence-corrected chi connectivity index (χ4v) is 3.30. The molecule has 0 aromatic heterocycles. The van der Waals surface area contributed by atoms with Gasteiger partial charge in [-0.3, -0.25) is 9.89 Å². The third-order valence-electron chi connectivity index (χ3n) is 4.50. The van der Waals surface area contributed by atoms with Gasteiger partial charge in [0, 0.05) is 32.2 Å². The number of ether oxygens (including phenoxy) is 1. The molecule has 1 fully saturated rings. The number of likely N-dealkylation sites (N-methyl/N-ethyl adjacent to an activating group) is 1. The van der Waals surface area contributed by atoms with Crippen molar-refractivity contribution in [3.8, 4) is 0 Å². The van der Waals surface area contributed by atoms with Crippen LogP contribution in [-0.2, 0) is 4.74 Å². The molecule has 1 heterocycles. The third kappa shape index (κ3) is 9.80. The van der Waals surface area contributed by atoms with E-state index in [1.807, 2.05) is 6.92 Å². The van der Waals surface area contributed by atoms with Gasteiger partial charge in [0.1, 0.15) is 0 Å². The second-order valence-corrected chi connectivity index (χ2v) is 6.95. The molecule has 1 rings (SSSR count). The molecule has 0 aliphatic carbocycles. The Morgan fingerprint density at radius 2 is 2.04 bits per heavy atom. The van der Waals surface area contributed by atoms with E-state index in [4.69, 9.17) is 4.74 Å². The second kappa shape index (κ2) is 14.3. The maximum atomic E-state index is 11.7. The van der Waals surface area contributed by atoms with Crippen molar-refractivity contribution in [2.45, 2.75) is 59.0 Å². The van der Waals surface area contributed by atoms with Gasteiger partial charge < -0.3 is 20.7 Å². The molecule has 0 spiro atoms. The maximum absolute atomic E-state index is 11.7. The van der Waals surface area contributed by atoms with Crippen LogP contribution in [0, 0.1) is 5.92 Å².